The van der Waals surface area contributed by atoms with E-state index in [1.165, 1.54) is 0 Å². The molecule has 86 valence electrons. The largest absolute Gasteiger partial charge is 0.480 e. The van der Waals surface area contributed by atoms with Crippen molar-refractivity contribution in [3.8, 4) is 5.75 Å². The molecule has 1 aromatic carbocycles. The van der Waals surface area contributed by atoms with Gasteiger partial charge in [-0.05, 0) is 12.1 Å². The Hall–Kier alpha value is -2.18. The summed E-state index contributed by atoms with van der Waals surface area (Å²) in [4.78, 5) is 21.0. The van der Waals surface area contributed by atoms with Crippen LogP contribution in [0.2, 0.25) is 0 Å². The van der Waals surface area contributed by atoms with E-state index in [0.29, 0.717) is 6.07 Å². The molecule has 0 atom stereocenters. The second-order valence-electron chi connectivity index (χ2n) is 2.71. The summed E-state index contributed by atoms with van der Waals surface area (Å²) in [6.07, 6.45) is -1.13. The number of halogens is 2. The summed E-state index contributed by atoms with van der Waals surface area (Å²) in [6.45, 7) is -0.651. The topological polar surface area (TPSA) is 75.6 Å². The Labute approximate surface area is 88.6 Å². The van der Waals surface area contributed by atoms with E-state index in [4.69, 9.17) is 5.11 Å². The first-order chi connectivity index (χ1) is 7.49. The molecule has 5 nitrogen and oxygen atoms in total. The highest BCUT2D eigenvalue weighted by Crippen LogP contribution is 2.17. The van der Waals surface area contributed by atoms with Gasteiger partial charge in [-0.1, -0.05) is 0 Å². The van der Waals surface area contributed by atoms with Gasteiger partial charge in [-0.3, -0.25) is 4.79 Å². The second-order valence-corrected chi connectivity index (χ2v) is 2.71. The van der Waals surface area contributed by atoms with Crippen molar-refractivity contribution in [2.75, 3.05) is 6.54 Å². The van der Waals surface area contributed by atoms with Gasteiger partial charge in [-0.15, -0.1) is 0 Å². The standard InChI is InChI=1S/C9H7F2NO4/c10-5-1-2-7(6(11)3-5)16-9(15)12-4-8(13)14/h1-3H,4H2,(H,12,15)(H,13,14). The van der Waals surface area contributed by atoms with Gasteiger partial charge in [0.1, 0.15) is 12.4 Å². The fourth-order valence-electron chi connectivity index (χ4n) is 0.842. The quantitative estimate of drug-likeness (QED) is 0.817. The molecule has 0 aliphatic rings. The average molecular weight is 231 g/mol. The zero-order chi connectivity index (χ0) is 12.1. The van der Waals surface area contributed by atoms with E-state index in [-0.39, 0.29) is 0 Å². The van der Waals surface area contributed by atoms with E-state index in [1.54, 1.807) is 0 Å². The van der Waals surface area contributed by atoms with E-state index in [0.717, 1.165) is 12.1 Å². The van der Waals surface area contributed by atoms with Crippen LogP contribution in [-0.4, -0.2) is 23.7 Å². The third-order valence-corrected chi connectivity index (χ3v) is 1.48. The summed E-state index contributed by atoms with van der Waals surface area (Å²) in [5.41, 5.74) is 0. The van der Waals surface area contributed by atoms with Crippen LogP contribution in [-0.2, 0) is 4.79 Å². The molecule has 0 radical (unpaired) electrons. The van der Waals surface area contributed by atoms with Gasteiger partial charge in [0.15, 0.2) is 11.6 Å². The van der Waals surface area contributed by atoms with Gasteiger partial charge in [-0.25, -0.2) is 13.6 Å². The molecule has 1 amide bonds. The molecule has 0 aliphatic heterocycles. The van der Waals surface area contributed by atoms with Gasteiger partial charge >= 0.3 is 12.1 Å². The van der Waals surface area contributed by atoms with Crippen molar-refractivity contribution in [1.29, 1.82) is 0 Å². The normalized spacial score (nSPS) is 9.62. The Morgan fingerprint density at radius 2 is 2.06 bits per heavy atom. The van der Waals surface area contributed by atoms with Crippen molar-refractivity contribution in [3.63, 3.8) is 0 Å². The van der Waals surface area contributed by atoms with Crippen molar-refractivity contribution in [3.05, 3.63) is 29.8 Å². The first kappa shape index (κ1) is 11.9. The van der Waals surface area contributed by atoms with Crippen molar-refractivity contribution in [2.24, 2.45) is 0 Å². The van der Waals surface area contributed by atoms with Gasteiger partial charge in [0.25, 0.3) is 0 Å². The van der Waals surface area contributed by atoms with Crippen LogP contribution < -0.4 is 10.1 Å². The van der Waals surface area contributed by atoms with Gasteiger partial charge in [-0.2, -0.15) is 0 Å². The number of carboxylic acids is 1. The average Bonchev–Trinajstić information content (AvgIpc) is 2.19. The third-order valence-electron chi connectivity index (χ3n) is 1.48. The number of benzene rings is 1. The maximum Gasteiger partial charge on any atom is 0.413 e. The summed E-state index contributed by atoms with van der Waals surface area (Å²) in [7, 11) is 0. The lowest BCUT2D eigenvalue weighted by Crippen LogP contribution is -2.31. The van der Waals surface area contributed by atoms with Crippen molar-refractivity contribution in [1.82, 2.24) is 5.32 Å². The van der Waals surface area contributed by atoms with Gasteiger partial charge < -0.3 is 15.2 Å². The fraction of sp³-hybridized carbons (Fsp3) is 0.111. The van der Waals surface area contributed by atoms with E-state index in [1.807, 2.05) is 5.32 Å². The van der Waals surface area contributed by atoms with Gasteiger partial charge in [0, 0.05) is 6.07 Å². The predicted molar refractivity (Wildman–Crippen MR) is 48.0 cm³/mol. The first-order valence-electron chi connectivity index (χ1n) is 4.11. The van der Waals surface area contributed by atoms with E-state index in [9.17, 15) is 18.4 Å². The van der Waals surface area contributed by atoms with Gasteiger partial charge in [0.05, 0.1) is 0 Å². The molecular weight excluding hydrogens is 224 g/mol. The number of amides is 1. The molecule has 0 aromatic heterocycles. The van der Waals surface area contributed by atoms with Gasteiger partial charge in [0.2, 0.25) is 0 Å². The molecule has 2 N–H and O–H groups in total. The number of carbonyl (C=O) groups is 2. The smallest absolute Gasteiger partial charge is 0.413 e. The van der Waals surface area contributed by atoms with Crippen LogP contribution in [0.1, 0.15) is 0 Å². The molecule has 16 heavy (non-hydrogen) atoms. The minimum Gasteiger partial charge on any atom is -0.480 e. The van der Waals surface area contributed by atoms with Crippen LogP contribution >= 0.6 is 0 Å². The Balaban J connectivity index is 2.59. The highest BCUT2D eigenvalue weighted by Gasteiger charge is 2.10. The molecule has 0 spiro atoms. The Morgan fingerprint density at radius 3 is 2.62 bits per heavy atom. The highest BCUT2D eigenvalue weighted by atomic mass is 19.1. The Bertz CT molecular complexity index is 422. The number of aliphatic carboxylic acids is 1. The number of hydrogen-bond donors (Lipinski definition) is 2. The van der Waals surface area contributed by atoms with Crippen molar-refractivity contribution >= 4 is 12.1 Å². The van der Waals surface area contributed by atoms with E-state index >= 15 is 0 Å². The first-order valence-corrected chi connectivity index (χ1v) is 4.11. The molecule has 0 saturated heterocycles. The second kappa shape index (κ2) is 5.06. The van der Waals surface area contributed by atoms with Crippen LogP contribution in [0, 0.1) is 11.6 Å². The van der Waals surface area contributed by atoms with Crippen molar-refractivity contribution in [2.45, 2.75) is 0 Å². The molecule has 7 heteroatoms. The maximum absolute atomic E-state index is 12.9. The minimum absolute atomic E-state index is 0.482. The summed E-state index contributed by atoms with van der Waals surface area (Å²) < 4.78 is 29.8. The summed E-state index contributed by atoms with van der Waals surface area (Å²) in [6, 6.07) is 2.37. The summed E-state index contributed by atoms with van der Waals surface area (Å²) >= 11 is 0. The summed E-state index contributed by atoms with van der Waals surface area (Å²) in [5, 5.41) is 10.1. The predicted octanol–water partition coefficient (Wildman–Crippen LogP) is 1.14. The Kier molecular flexibility index (Phi) is 3.76. The molecule has 0 unspecified atom stereocenters. The monoisotopic (exact) mass is 231 g/mol. The van der Waals surface area contributed by atoms with Crippen LogP contribution in [0.3, 0.4) is 0 Å². The molecule has 0 bridgehead atoms. The SMILES string of the molecule is O=C(O)CNC(=O)Oc1ccc(F)cc1F. The molecule has 1 aromatic rings. The van der Waals surface area contributed by atoms with Crippen LogP contribution in [0.15, 0.2) is 18.2 Å². The molecule has 0 saturated carbocycles. The lowest BCUT2D eigenvalue weighted by molar-refractivity contribution is -0.135. The number of rotatable bonds is 3. The number of nitrogens with one attached hydrogen (secondary N) is 1. The Morgan fingerprint density at radius 1 is 1.38 bits per heavy atom. The fourth-order valence-corrected chi connectivity index (χ4v) is 0.842. The lowest BCUT2D eigenvalue weighted by atomic mass is 10.3. The zero-order valence-electron chi connectivity index (χ0n) is 7.87. The van der Waals surface area contributed by atoms with Crippen LogP contribution in [0.25, 0.3) is 0 Å². The summed E-state index contributed by atoms with van der Waals surface area (Å²) in [5.74, 6) is -3.61. The molecule has 1 rings (SSSR count). The van der Waals surface area contributed by atoms with E-state index in [2.05, 4.69) is 4.74 Å². The highest BCUT2D eigenvalue weighted by molar-refractivity contribution is 5.77. The van der Waals surface area contributed by atoms with Crippen LogP contribution in [0.5, 0.6) is 5.75 Å². The van der Waals surface area contributed by atoms with Crippen LogP contribution in [0.4, 0.5) is 13.6 Å². The zero-order valence-corrected chi connectivity index (χ0v) is 7.87. The number of ether oxygens (including phenoxy) is 1. The molecule has 0 fully saturated rings. The van der Waals surface area contributed by atoms with Crippen molar-refractivity contribution < 1.29 is 28.2 Å². The number of carbonyl (C=O) groups excluding carboxylic acids is 1. The third kappa shape index (κ3) is 3.52. The maximum atomic E-state index is 12.9. The molecule has 0 aliphatic carbocycles. The molecular formula is C9H7F2NO4. The number of carboxylic acid groups (broad SMARTS) is 1. The lowest BCUT2D eigenvalue weighted by Gasteiger charge is -2.05. The van der Waals surface area contributed by atoms with E-state index < -0.39 is 36.0 Å². The minimum atomic E-state index is -1.27. The molecule has 0 heterocycles. The number of hydrogen-bond acceptors (Lipinski definition) is 3.